The normalized spacial score (nSPS) is 11.4. The number of hydrazone groups is 1. The molecule has 0 bridgehead atoms. The van der Waals surface area contributed by atoms with Crippen molar-refractivity contribution in [1.29, 1.82) is 0 Å². The molecule has 4 N–H and O–H groups in total. The van der Waals surface area contributed by atoms with Gasteiger partial charge in [-0.2, -0.15) is 10.1 Å². The molecule has 5 nitrogen and oxygen atoms in total. The molecular weight excluding hydrogens is 382 g/mol. The average Bonchev–Trinajstić information content (AvgIpc) is 2.54. The van der Waals surface area contributed by atoms with E-state index < -0.39 is 5.91 Å². The first kappa shape index (κ1) is 17.8. The van der Waals surface area contributed by atoms with Crippen molar-refractivity contribution in [3.8, 4) is 0 Å². The van der Waals surface area contributed by atoms with E-state index in [-0.39, 0.29) is 26.6 Å². The van der Waals surface area contributed by atoms with Crippen LogP contribution >= 0.6 is 46.4 Å². The monoisotopic (exact) mass is 391 g/mol. The molecule has 0 atom stereocenters. The molecule has 0 unspecified atom stereocenters. The van der Waals surface area contributed by atoms with Gasteiger partial charge in [0.25, 0.3) is 10.8 Å². The van der Waals surface area contributed by atoms with Gasteiger partial charge in [-0.3, -0.25) is 4.79 Å². The Balaban J connectivity index is 2.23. The molecule has 1 aromatic carbocycles. The highest BCUT2D eigenvalue weighted by molar-refractivity contribution is 6.45. The summed E-state index contributed by atoms with van der Waals surface area (Å²) < 4.78 is 0. The second kappa shape index (κ2) is 7.36. The van der Waals surface area contributed by atoms with Crippen molar-refractivity contribution in [2.45, 2.75) is 6.92 Å². The van der Waals surface area contributed by atoms with Crippen LogP contribution in [-0.4, -0.2) is 11.6 Å². The summed E-state index contributed by atoms with van der Waals surface area (Å²) in [4.78, 5) is 14.7. The van der Waals surface area contributed by atoms with Crippen LogP contribution in [0.25, 0.3) is 0 Å². The zero-order valence-corrected chi connectivity index (χ0v) is 14.8. The Kier molecular flexibility index (Phi) is 5.70. The van der Waals surface area contributed by atoms with E-state index in [1.54, 1.807) is 31.2 Å². The van der Waals surface area contributed by atoms with Crippen molar-refractivity contribution in [2.75, 3.05) is 5.73 Å². The number of hydrogen-bond donors (Lipinski definition) is 2. The van der Waals surface area contributed by atoms with E-state index >= 15 is 0 Å². The minimum atomic E-state index is -0.603. The molecule has 0 aliphatic rings. The van der Waals surface area contributed by atoms with E-state index in [2.05, 4.69) is 15.5 Å². The number of anilines is 1. The number of halogens is 4. The van der Waals surface area contributed by atoms with Gasteiger partial charge in [0.15, 0.2) is 0 Å². The molecule has 0 fully saturated rings. The topological polar surface area (TPSA) is 81.6 Å². The van der Waals surface area contributed by atoms with Gasteiger partial charge in [0, 0.05) is 5.02 Å². The molecule has 0 radical (unpaired) electrons. The molecule has 2 rings (SSSR count). The van der Waals surface area contributed by atoms with E-state index in [1.165, 1.54) is 0 Å². The number of rotatable bonds is 3. The maximum Gasteiger partial charge on any atom is 0.337 e. The molecule has 120 valence electrons. The first-order valence-corrected chi connectivity index (χ1v) is 7.78. The highest BCUT2D eigenvalue weighted by atomic mass is 35.5. The number of carbonyl (C=O) groups is 1. The molecule has 0 aliphatic heterocycles. The van der Waals surface area contributed by atoms with Crippen LogP contribution in [0.3, 0.4) is 0 Å². The zero-order valence-electron chi connectivity index (χ0n) is 11.8. The van der Waals surface area contributed by atoms with Crippen LogP contribution in [0, 0.1) is 0 Å². The van der Waals surface area contributed by atoms with Gasteiger partial charge in [-0.1, -0.05) is 46.9 Å². The predicted octanol–water partition coefficient (Wildman–Crippen LogP) is 3.85. The van der Waals surface area contributed by atoms with Crippen molar-refractivity contribution < 1.29 is 9.78 Å². The number of H-pyrrole nitrogens is 1. The number of nitrogen functional groups attached to an aromatic ring is 1. The number of nitrogens with zero attached hydrogens (tertiary/aromatic N) is 1. The Morgan fingerprint density at radius 3 is 2.35 bits per heavy atom. The van der Waals surface area contributed by atoms with E-state index in [4.69, 9.17) is 52.1 Å². The summed E-state index contributed by atoms with van der Waals surface area (Å²) in [5.74, 6) is -0.603. The molecule has 23 heavy (non-hydrogen) atoms. The first-order valence-electron chi connectivity index (χ1n) is 6.27. The number of pyridine rings is 1. The first-order chi connectivity index (χ1) is 10.8. The highest BCUT2D eigenvalue weighted by Gasteiger charge is 2.25. The number of aromatic amines is 1. The van der Waals surface area contributed by atoms with E-state index in [1.807, 2.05) is 0 Å². The van der Waals surface area contributed by atoms with E-state index in [0.29, 0.717) is 10.7 Å². The summed E-state index contributed by atoms with van der Waals surface area (Å²) in [6, 6.07) is 7.01. The number of nitrogens with one attached hydrogen (secondary N) is 2. The van der Waals surface area contributed by atoms with Gasteiger partial charge < -0.3 is 5.73 Å². The summed E-state index contributed by atoms with van der Waals surface area (Å²) >= 11 is 23.5. The summed E-state index contributed by atoms with van der Waals surface area (Å²) in [6.45, 7) is 1.73. The number of hydrogen-bond acceptors (Lipinski definition) is 3. The van der Waals surface area contributed by atoms with Gasteiger partial charge in [0.05, 0.1) is 11.4 Å². The Morgan fingerprint density at radius 1 is 1.13 bits per heavy atom. The maximum absolute atomic E-state index is 12.2. The van der Waals surface area contributed by atoms with Crippen molar-refractivity contribution in [1.82, 2.24) is 5.43 Å². The third-order valence-corrected chi connectivity index (χ3v) is 4.35. The van der Waals surface area contributed by atoms with Gasteiger partial charge in [-0.05, 0) is 36.2 Å². The second-order valence-electron chi connectivity index (χ2n) is 4.50. The van der Waals surface area contributed by atoms with Crippen LogP contribution in [0.5, 0.6) is 0 Å². The molecular formula is C14H11Cl4N4O+. The second-order valence-corrected chi connectivity index (χ2v) is 6.07. The van der Waals surface area contributed by atoms with Crippen LogP contribution in [0.15, 0.2) is 29.4 Å². The van der Waals surface area contributed by atoms with Crippen molar-refractivity contribution in [3.05, 3.63) is 55.7 Å². The average molecular weight is 393 g/mol. The lowest BCUT2D eigenvalue weighted by Crippen LogP contribution is -2.29. The Morgan fingerprint density at radius 2 is 1.74 bits per heavy atom. The predicted molar refractivity (Wildman–Crippen MR) is 93.6 cm³/mol. The van der Waals surface area contributed by atoms with Crippen LogP contribution < -0.4 is 16.1 Å². The van der Waals surface area contributed by atoms with Crippen LogP contribution in [0.4, 0.5) is 5.69 Å². The number of nitrogens with two attached hydrogens (primary N) is 1. The number of aromatic nitrogens is 1. The maximum atomic E-state index is 12.2. The standard InChI is InChI=1S/C14H10Cl4N4O/c1-6(7-2-4-8(15)5-3-7)21-22-14(23)12-9(16)11(19)10(17)13(18)20-12/h2-5H,1H3,(H2,19,20)(H,22,23)/p+1/b21-6+. The van der Waals surface area contributed by atoms with Gasteiger partial charge in [0.1, 0.15) is 10.0 Å². The Hall–Kier alpha value is -1.53. The lowest BCUT2D eigenvalue weighted by atomic mass is 10.1. The molecule has 0 saturated heterocycles. The third kappa shape index (κ3) is 4.06. The summed E-state index contributed by atoms with van der Waals surface area (Å²) in [5, 5.41) is 4.64. The number of amides is 1. The largest absolute Gasteiger partial charge is 0.396 e. The van der Waals surface area contributed by atoms with E-state index in [9.17, 15) is 4.79 Å². The summed E-state index contributed by atoms with van der Waals surface area (Å²) in [6.07, 6.45) is 0. The van der Waals surface area contributed by atoms with E-state index in [0.717, 1.165) is 5.56 Å². The molecule has 1 amide bonds. The Bertz CT molecular complexity index is 790. The summed E-state index contributed by atoms with van der Waals surface area (Å²) in [7, 11) is 0. The highest BCUT2D eigenvalue weighted by Crippen LogP contribution is 2.31. The van der Waals surface area contributed by atoms with Crippen molar-refractivity contribution in [3.63, 3.8) is 0 Å². The van der Waals surface area contributed by atoms with Crippen LogP contribution in [0.1, 0.15) is 23.0 Å². The van der Waals surface area contributed by atoms with Crippen LogP contribution in [0.2, 0.25) is 20.2 Å². The van der Waals surface area contributed by atoms with Gasteiger partial charge in [-0.15, -0.1) is 0 Å². The van der Waals surface area contributed by atoms with Crippen molar-refractivity contribution in [2.24, 2.45) is 5.10 Å². The smallest absolute Gasteiger partial charge is 0.337 e. The fourth-order valence-electron chi connectivity index (χ4n) is 1.67. The molecule has 0 saturated carbocycles. The fourth-order valence-corrected chi connectivity index (χ4v) is 2.41. The quantitative estimate of drug-likeness (QED) is 0.472. The molecule has 9 heteroatoms. The lowest BCUT2D eigenvalue weighted by Gasteiger charge is -2.04. The third-order valence-electron chi connectivity index (χ3n) is 2.93. The van der Waals surface area contributed by atoms with Crippen LogP contribution in [-0.2, 0) is 0 Å². The van der Waals surface area contributed by atoms with Gasteiger partial charge >= 0.3 is 5.91 Å². The molecule has 1 heterocycles. The molecule has 0 aliphatic carbocycles. The number of benzene rings is 1. The van der Waals surface area contributed by atoms with Gasteiger partial charge in [-0.25, -0.2) is 5.43 Å². The van der Waals surface area contributed by atoms with Gasteiger partial charge in [0.2, 0.25) is 0 Å². The minimum Gasteiger partial charge on any atom is -0.396 e. The molecule has 2 aromatic rings. The SMILES string of the molecule is C/C(=N\NC(=O)c1[nH+]c(Cl)c(Cl)c(N)c1Cl)c1ccc(Cl)cc1. The zero-order chi connectivity index (χ0) is 17.1. The summed E-state index contributed by atoms with van der Waals surface area (Å²) in [5.41, 5.74) is 9.42. The molecule has 1 aromatic heterocycles. The number of carbonyl (C=O) groups excluding carboxylic acids is 1. The Labute approximate surface area is 152 Å². The fraction of sp³-hybridized carbons (Fsp3) is 0.0714. The molecule has 0 spiro atoms. The van der Waals surface area contributed by atoms with Crippen molar-refractivity contribution >= 4 is 63.7 Å². The minimum absolute atomic E-state index is 0.0112. The lowest BCUT2D eigenvalue weighted by molar-refractivity contribution is -0.379.